The maximum atomic E-state index is 13.2. The number of hydrogen-bond donors (Lipinski definition) is 2. The summed E-state index contributed by atoms with van der Waals surface area (Å²) < 4.78 is 23.6. The minimum atomic E-state index is -0.681. The molecule has 0 saturated carbocycles. The number of methoxy groups -OCH3 is 1. The number of amides is 1. The maximum Gasteiger partial charge on any atom is 0.251 e. The summed E-state index contributed by atoms with van der Waals surface area (Å²) in [4.78, 5) is 12.0. The lowest BCUT2D eigenvalue weighted by Gasteiger charge is -2.33. The van der Waals surface area contributed by atoms with E-state index in [9.17, 15) is 14.3 Å². The van der Waals surface area contributed by atoms with Gasteiger partial charge in [0.2, 0.25) is 0 Å². The van der Waals surface area contributed by atoms with Crippen LogP contribution in [0.5, 0.6) is 0 Å². The normalized spacial score (nSPS) is 25.6. The van der Waals surface area contributed by atoms with E-state index in [1.54, 1.807) is 6.92 Å². The van der Waals surface area contributed by atoms with Crippen LogP contribution in [0.15, 0.2) is 18.2 Å². The Morgan fingerprint density at radius 2 is 2.29 bits per heavy atom. The third kappa shape index (κ3) is 3.78. The quantitative estimate of drug-likeness (QED) is 0.866. The van der Waals surface area contributed by atoms with Crippen molar-refractivity contribution < 1.29 is 23.8 Å². The van der Waals surface area contributed by atoms with Gasteiger partial charge in [0, 0.05) is 25.1 Å². The Labute approximate surface area is 123 Å². The van der Waals surface area contributed by atoms with Gasteiger partial charge >= 0.3 is 0 Å². The smallest absolute Gasteiger partial charge is 0.251 e. The molecule has 1 heterocycles. The van der Waals surface area contributed by atoms with E-state index in [4.69, 9.17) is 9.47 Å². The number of carbonyl (C=O) groups is 1. The average Bonchev–Trinajstić information content (AvgIpc) is 2.48. The number of hydrogen-bond acceptors (Lipinski definition) is 4. The van der Waals surface area contributed by atoms with E-state index < -0.39 is 6.10 Å². The second-order valence-electron chi connectivity index (χ2n) is 5.24. The number of aryl methyl sites for hydroxylation is 1. The van der Waals surface area contributed by atoms with E-state index in [0.717, 1.165) is 0 Å². The molecule has 2 rings (SSSR count). The zero-order valence-electron chi connectivity index (χ0n) is 12.1. The van der Waals surface area contributed by atoms with Crippen LogP contribution in [0.2, 0.25) is 0 Å². The molecule has 2 N–H and O–H groups in total. The van der Waals surface area contributed by atoms with Crippen LogP contribution < -0.4 is 5.32 Å². The van der Waals surface area contributed by atoms with Crippen LogP contribution in [-0.4, -0.2) is 50.1 Å². The van der Waals surface area contributed by atoms with Gasteiger partial charge in [0.15, 0.2) is 0 Å². The number of carbonyl (C=O) groups excluding carboxylic acids is 1. The topological polar surface area (TPSA) is 67.8 Å². The predicted octanol–water partition coefficient (Wildman–Crippen LogP) is 0.886. The van der Waals surface area contributed by atoms with Crippen molar-refractivity contribution in [3.63, 3.8) is 0 Å². The van der Waals surface area contributed by atoms with Crippen molar-refractivity contribution in [3.05, 3.63) is 35.1 Å². The molecule has 0 spiro atoms. The first-order valence-electron chi connectivity index (χ1n) is 6.86. The van der Waals surface area contributed by atoms with Gasteiger partial charge in [-0.15, -0.1) is 0 Å². The Hall–Kier alpha value is -1.50. The van der Waals surface area contributed by atoms with Gasteiger partial charge < -0.3 is 19.9 Å². The highest BCUT2D eigenvalue weighted by Gasteiger charge is 2.32. The van der Waals surface area contributed by atoms with Crippen LogP contribution in [0.4, 0.5) is 4.39 Å². The van der Waals surface area contributed by atoms with Crippen LogP contribution in [-0.2, 0) is 9.47 Å². The molecule has 1 fully saturated rings. The van der Waals surface area contributed by atoms with E-state index in [1.165, 1.54) is 25.3 Å². The lowest BCUT2D eigenvalue weighted by atomic mass is 9.96. The summed E-state index contributed by atoms with van der Waals surface area (Å²) in [7, 11) is 1.51. The molecular weight excluding hydrogens is 277 g/mol. The van der Waals surface area contributed by atoms with Crippen molar-refractivity contribution in [2.75, 3.05) is 26.9 Å². The molecule has 0 bridgehead atoms. The van der Waals surface area contributed by atoms with Gasteiger partial charge in [0.05, 0.1) is 19.3 Å². The molecule has 5 nitrogen and oxygen atoms in total. The third-order valence-electron chi connectivity index (χ3n) is 3.73. The average molecular weight is 297 g/mol. The molecule has 1 aromatic rings. The van der Waals surface area contributed by atoms with E-state index in [1.807, 2.05) is 0 Å². The Morgan fingerprint density at radius 3 is 2.95 bits per heavy atom. The maximum absolute atomic E-state index is 13.2. The zero-order valence-corrected chi connectivity index (χ0v) is 12.1. The highest BCUT2D eigenvalue weighted by molar-refractivity contribution is 5.94. The first kappa shape index (κ1) is 15.9. The zero-order chi connectivity index (χ0) is 15.4. The Bertz CT molecular complexity index is 508. The number of nitrogens with one attached hydrogen (secondary N) is 1. The molecule has 0 aliphatic carbocycles. The molecule has 0 radical (unpaired) electrons. The van der Waals surface area contributed by atoms with Gasteiger partial charge in [0.25, 0.3) is 5.91 Å². The van der Waals surface area contributed by atoms with Gasteiger partial charge in [0.1, 0.15) is 11.9 Å². The van der Waals surface area contributed by atoms with Crippen LogP contribution in [0, 0.1) is 18.7 Å². The second-order valence-corrected chi connectivity index (χ2v) is 5.24. The number of aliphatic hydroxyl groups is 1. The minimum absolute atomic E-state index is 0.228. The van der Waals surface area contributed by atoms with Gasteiger partial charge in [-0.2, -0.15) is 0 Å². The number of benzene rings is 1. The van der Waals surface area contributed by atoms with Gasteiger partial charge in [-0.05, 0) is 30.7 Å². The van der Waals surface area contributed by atoms with Gasteiger partial charge in [-0.1, -0.05) is 0 Å². The summed E-state index contributed by atoms with van der Waals surface area (Å²) in [6.07, 6.45) is -1.06. The van der Waals surface area contributed by atoms with Crippen molar-refractivity contribution in [3.8, 4) is 0 Å². The highest BCUT2D eigenvalue weighted by atomic mass is 19.1. The molecule has 1 amide bonds. The fourth-order valence-electron chi connectivity index (χ4n) is 2.34. The fraction of sp³-hybridized carbons (Fsp3) is 0.533. The van der Waals surface area contributed by atoms with Crippen LogP contribution in [0.25, 0.3) is 0 Å². The SMILES string of the molecule is CO[C@@H]1COC[C@@H](CNC(=O)c2ccc(F)c(C)c2)[C@@H]1O. The molecule has 21 heavy (non-hydrogen) atoms. The molecule has 3 atom stereocenters. The lowest BCUT2D eigenvalue weighted by molar-refractivity contribution is -0.132. The summed E-state index contributed by atoms with van der Waals surface area (Å²) >= 11 is 0. The summed E-state index contributed by atoms with van der Waals surface area (Å²) in [6.45, 7) is 2.59. The van der Waals surface area contributed by atoms with Gasteiger partial charge in [-0.25, -0.2) is 4.39 Å². The number of aliphatic hydroxyl groups excluding tert-OH is 1. The molecule has 1 aliphatic rings. The van der Waals surface area contributed by atoms with E-state index in [2.05, 4.69) is 5.32 Å². The van der Waals surface area contributed by atoms with Crippen molar-refractivity contribution in [2.24, 2.45) is 5.92 Å². The van der Waals surface area contributed by atoms with Crippen LogP contribution in [0.3, 0.4) is 0 Å². The first-order chi connectivity index (χ1) is 10.0. The van der Waals surface area contributed by atoms with Gasteiger partial charge in [-0.3, -0.25) is 4.79 Å². The monoisotopic (exact) mass is 297 g/mol. The van der Waals surface area contributed by atoms with E-state index >= 15 is 0 Å². The first-order valence-corrected chi connectivity index (χ1v) is 6.86. The standard InChI is InChI=1S/C15H20FNO4/c1-9-5-10(3-4-12(9)16)15(19)17-6-11-7-21-8-13(20-2)14(11)18/h3-5,11,13-14,18H,6-8H2,1-2H3,(H,17,19)/t11-,13-,14+/m1/s1. The summed E-state index contributed by atoms with van der Waals surface area (Å²) in [5.41, 5.74) is 0.812. The van der Waals surface area contributed by atoms with Crippen molar-refractivity contribution in [1.29, 1.82) is 0 Å². The molecule has 116 valence electrons. The predicted molar refractivity (Wildman–Crippen MR) is 74.6 cm³/mol. The molecule has 6 heteroatoms. The van der Waals surface area contributed by atoms with Crippen molar-refractivity contribution in [1.82, 2.24) is 5.32 Å². The van der Waals surface area contributed by atoms with E-state index in [0.29, 0.717) is 24.3 Å². The fourth-order valence-corrected chi connectivity index (χ4v) is 2.34. The Balaban J connectivity index is 1.92. The van der Waals surface area contributed by atoms with Crippen LogP contribution in [0.1, 0.15) is 15.9 Å². The lowest BCUT2D eigenvalue weighted by Crippen LogP contribution is -2.49. The molecule has 0 unspecified atom stereocenters. The largest absolute Gasteiger partial charge is 0.390 e. The van der Waals surface area contributed by atoms with Crippen molar-refractivity contribution in [2.45, 2.75) is 19.1 Å². The summed E-state index contributed by atoms with van der Waals surface area (Å²) in [6, 6.07) is 4.20. The second kappa shape index (κ2) is 6.98. The summed E-state index contributed by atoms with van der Waals surface area (Å²) in [5, 5.41) is 12.8. The summed E-state index contributed by atoms with van der Waals surface area (Å²) in [5.74, 6) is -0.871. The highest BCUT2D eigenvalue weighted by Crippen LogP contribution is 2.17. The van der Waals surface area contributed by atoms with Crippen LogP contribution >= 0.6 is 0 Å². The molecule has 0 aromatic heterocycles. The third-order valence-corrected chi connectivity index (χ3v) is 3.73. The molecule has 1 aromatic carbocycles. The van der Waals surface area contributed by atoms with E-state index in [-0.39, 0.29) is 30.3 Å². The number of halogens is 1. The van der Waals surface area contributed by atoms with Crippen molar-refractivity contribution >= 4 is 5.91 Å². The Kier molecular flexibility index (Phi) is 5.27. The molecule has 1 aliphatic heterocycles. The number of ether oxygens (including phenoxy) is 2. The minimum Gasteiger partial charge on any atom is -0.390 e. The Morgan fingerprint density at radius 1 is 1.52 bits per heavy atom. The molecule has 1 saturated heterocycles. The molecular formula is C15H20FNO4. The number of rotatable bonds is 4.